The largest absolute Gasteiger partial charge is 0.393 e. The Hall–Kier alpha value is -1.55. The van der Waals surface area contributed by atoms with Gasteiger partial charge in [0.25, 0.3) is 0 Å². The SMILES string of the molecule is C[C@@H](O)C[C@@H](CN=C(N(C)C)N(C)C)c1ccccc1. The number of guanidine groups is 1. The molecule has 1 aromatic rings. The maximum Gasteiger partial charge on any atom is 0.195 e. The van der Waals surface area contributed by atoms with Crippen LogP contribution in [0, 0.1) is 0 Å². The summed E-state index contributed by atoms with van der Waals surface area (Å²) in [6.45, 7) is 2.51. The van der Waals surface area contributed by atoms with Crippen molar-refractivity contribution in [3.8, 4) is 0 Å². The molecule has 4 heteroatoms. The lowest BCUT2D eigenvalue weighted by Gasteiger charge is -2.24. The Kier molecular flexibility index (Phi) is 6.52. The van der Waals surface area contributed by atoms with Gasteiger partial charge in [-0.15, -0.1) is 0 Å². The van der Waals surface area contributed by atoms with Crippen molar-refractivity contribution in [2.45, 2.75) is 25.4 Å². The van der Waals surface area contributed by atoms with Gasteiger partial charge in [0.2, 0.25) is 0 Å². The second-order valence-corrected chi connectivity index (χ2v) is 5.62. The molecule has 2 atom stereocenters. The molecular formula is C16H27N3O. The number of hydrogen-bond acceptors (Lipinski definition) is 2. The van der Waals surface area contributed by atoms with Crippen molar-refractivity contribution in [3.05, 3.63) is 35.9 Å². The average Bonchev–Trinajstić information content (AvgIpc) is 2.37. The summed E-state index contributed by atoms with van der Waals surface area (Å²) in [6, 6.07) is 10.3. The lowest BCUT2D eigenvalue weighted by atomic mass is 9.93. The maximum atomic E-state index is 9.70. The van der Waals surface area contributed by atoms with E-state index in [2.05, 4.69) is 12.1 Å². The first kappa shape index (κ1) is 16.5. The van der Waals surface area contributed by atoms with Crippen molar-refractivity contribution >= 4 is 5.96 Å². The van der Waals surface area contributed by atoms with Crippen LogP contribution in [0.3, 0.4) is 0 Å². The molecule has 0 bridgehead atoms. The van der Waals surface area contributed by atoms with Crippen LogP contribution in [0.5, 0.6) is 0 Å². The normalized spacial score (nSPS) is 13.5. The van der Waals surface area contributed by atoms with Crippen molar-refractivity contribution in [3.63, 3.8) is 0 Å². The molecule has 0 amide bonds. The van der Waals surface area contributed by atoms with E-state index >= 15 is 0 Å². The van der Waals surface area contributed by atoms with E-state index in [-0.39, 0.29) is 12.0 Å². The number of rotatable bonds is 5. The third kappa shape index (κ3) is 5.21. The van der Waals surface area contributed by atoms with Crippen LogP contribution in [0.15, 0.2) is 35.3 Å². The molecule has 0 saturated carbocycles. The molecule has 0 aliphatic heterocycles. The lowest BCUT2D eigenvalue weighted by molar-refractivity contribution is 0.175. The monoisotopic (exact) mass is 277 g/mol. The Balaban J connectivity index is 2.88. The van der Waals surface area contributed by atoms with Gasteiger partial charge in [-0.05, 0) is 18.9 Å². The van der Waals surface area contributed by atoms with Gasteiger partial charge in [-0.3, -0.25) is 4.99 Å². The van der Waals surface area contributed by atoms with Gasteiger partial charge in [0, 0.05) is 40.7 Å². The van der Waals surface area contributed by atoms with Crippen LogP contribution >= 0.6 is 0 Å². The second kappa shape index (κ2) is 7.90. The van der Waals surface area contributed by atoms with Crippen molar-refractivity contribution in [2.75, 3.05) is 34.7 Å². The van der Waals surface area contributed by atoms with Crippen LogP contribution in [-0.4, -0.2) is 61.7 Å². The summed E-state index contributed by atoms with van der Waals surface area (Å²) in [5.74, 6) is 1.18. The van der Waals surface area contributed by atoms with Crippen molar-refractivity contribution in [1.82, 2.24) is 9.80 Å². The minimum absolute atomic E-state index is 0.242. The first-order chi connectivity index (χ1) is 9.41. The number of hydrogen-bond donors (Lipinski definition) is 1. The van der Waals surface area contributed by atoms with E-state index in [1.54, 1.807) is 0 Å². The van der Waals surface area contributed by atoms with Crippen LogP contribution < -0.4 is 0 Å². The number of nitrogens with zero attached hydrogens (tertiary/aromatic N) is 3. The number of aliphatic hydroxyl groups excluding tert-OH is 1. The molecule has 0 aliphatic carbocycles. The third-order valence-electron chi connectivity index (χ3n) is 3.15. The van der Waals surface area contributed by atoms with Crippen LogP contribution in [0.25, 0.3) is 0 Å². The fraction of sp³-hybridized carbons (Fsp3) is 0.562. The van der Waals surface area contributed by atoms with Crippen LogP contribution in [0.4, 0.5) is 0 Å². The molecule has 0 radical (unpaired) electrons. The van der Waals surface area contributed by atoms with Gasteiger partial charge in [0.05, 0.1) is 6.10 Å². The van der Waals surface area contributed by atoms with Gasteiger partial charge in [0.15, 0.2) is 5.96 Å². The molecule has 1 N–H and O–H groups in total. The quantitative estimate of drug-likeness (QED) is 0.661. The van der Waals surface area contributed by atoms with Gasteiger partial charge < -0.3 is 14.9 Å². The Morgan fingerprint density at radius 2 is 1.65 bits per heavy atom. The molecule has 0 spiro atoms. The van der Waals surface area contributed by atoms with Crippen molar-refractivity contribution in [2.24, 2.45) is 4.99 Å². The summed E-state index contributed by atoms with van der Waals surface area (Å²) < 4.78 is 0. The Labute approximate surface area is 122 Å². The molecule has 4 nitrogen and oxygen atoms in total. The molecule has 0 aromatic heterocycles. The smallest absolute Gasteiger partial charge is 0.195 e. The number of aliphatic imine (C=N–C) groups is 1. The Morgan fingerprint density at radius 1 is 1.10 bits per heavy atom. The van der Waals surface area contributed by atoms with E-state index in [0.29, 0.717) is 6.54 Å². The summed E-state index contributed by atoms with van der Waals surface area (Å²) in [5.41, 5.74) is 1.23. The van der Waals surface area contributed by atoms with Crippen molar-refractivity contribution in [1.29, 1.82) is 0 Å². The van der Waals surface area contributed by atoms with E-state index in [1.807, 2.05) is 63.1 Å². The number of benzene rings is 1. The molecule has 1 rings (SSSR count). The van der Waals surface area contributed by atoms with Gasteiger partial charge in [-0.2, -0.15) is 0 Å². The summed E-state index contributed by atoms with van der Waals surface area (Å²) in [6.07, 6.45) is 0.402. The topological polar surface area (TPSA) is 39.1 Å². The zero-order valence-corrected chi connectivity index (χ0v) is 13.2. The van der Waals surface area contributed by atoms with E-state index < -0.39 is 0 Å². The fourth-order valence-corrected chi connectivity index (χ4v) is 2.33. The highest BCUT2D eigenvalue weighted by Gasteiger charge is 2.15. The highest BCUT2D eigenvalue weighted by atomic mass is 16.3. The summed E-state index contributed by atoms with van der Waals surface area (Å²) in [5, 5.41) is 9.70. The summed E-state index contributed by atoms with van der Waals surface area (Å²) >= 11 is 0. The molecular weight excluding hydrogens is 250 g/mol. The first-order valence-corrected chi connectivity index (χ1v) is 7.04. The fourth-order valence-electron chi connectivity index (χ4n) is 2.33. The van der Waals surface area contributed by atoms with Crippen LogP contribution in [-0.2, 0) is 0 Å². The van der Waals surface area contributed by atoms with Crippen LogP contribution in [0.2, 0.25) is 0 Å². The number of aliphatic hydroxyl groups is 1. The van der Waals surface area contributed by atoms with E-state index in [0.717, 1.165) is 12.4 Å². The molecule has 0 heterocycles. The first-order valence-electron chi connectivity index (χ1n) is 7.04. The van der Waals surface area contributed by atoms with Gasteiger partial charge >= 0.3 is 0 Å². The Morgan fingerprint density at radius 3 is 2.10 bits per heavy atom. The zero-order valence-electron chi connectivity index (χ0n) is 13.2. The molecule has 20 heavy (non-hydrogen) atoms. The predicted octanol–water partition coefficient (Wildman–Crippen LogP) is 2.02. The maximum absolute atomic E-state index is 9.70. The van der Waals surface area contributed by atoms with Crippen LogP contribution in [0.1, 0.15) is 24.8 Å². The standard InChI is InChI=1S/C16H27N3O/c1-13(20)11-15(14-9-7-6-8-10-14)12-17-16(18(2)3)19(4)5/h6-10,13,15,20H,11-12H2,1-5H3/t13-,15+/m1/s1. The van der Waals surface area contributed by atoms with E-state index in [9.17, 15) is 5.11 Å². The van der Waals surface area contributed by atoms with Crippen molar-refractivity contribution < 1.29 is 5.11 Å². The summed E-state index contributed by atoms with van der Waals surface area (Å²) in [7, 11) is 7.96. The molecule has 0 saturated heterocycles. The molecule has 0 aliphatic rings. The van der Waals surface area contributed by atoms with E-state index in [1.165, 1.54) is 5.56 Å². The molecule has 0 fully saturated rings. The van der Waals surface area contributed by atoms with Gasteiger partial charge in [-0.25, -0.2) is 0 Å². The van der Waals surface area contributed by atoms with E-state index in [4.69, 9.17) is 4.99 Å². The highest BCUT2D eigenvalue weighted by molar-refractivity contribution is 5.79. The second-order valence-electron chi connectivity index (χ2n) is 5.62. The zero-order chi connectivity index (χ0) is 15.1. The Bertz CT molecular complexity index is 403. The van der Waals surface area contributed by atoms with Gasteiger partial charge in [-0.1, -0.05) is 30.3 Å². The van der Waals surface area contributed by atoms with Gasteiger partial charge in [0.1, 0.15) is 0 Å². The predicted molar refractivity (Wildman–Crippen MR) is 85.2 cm³/mol. The molecule has 0 unspecified atom stereocenters. The minimum atomic E-state index is -0.322. The molecule has 112 valence electrons. The summed E-state index contributed by atoms with van der Waals surface area (Å²) in [4.78, 5) is 8.72. The third-order valence-corrected chi connectivity index (χ3v) is 3.15. The lowest BCUT2D eigenvalue weighted by Crippen LogP contribution is -2.35. The average molecular weight is 277 g/mol. The molecule has 1 aromatic carbocycles. The highest BCUT2D eigenvalue weighted by Crippen LogP contribution is 2.21. The minimum Gasteiger partial charge on any atom is -0.393 e.